The lowest BCUT2D eigenvalue weighted by molar-refractivity contribution is 0.161. The Balaban J connectivity index is 2.36. The van der Waals surface area contributed by atoms with Gasteiger partial charge in [-0.1, -0.05) is 12.1 Å². The van der Waals surface area contributed by atoms with E-state index in [0.717, 1.165) is 23.3 Å². The molecule has 0 saturated carbocycles. The van der Waals surface area contributed by atoms with Crippen LogP contribution in [0.5, 0.6) is 5.75 Å². The summed E-state index contributed by atoms with van der Waals surface area (Å²) in [5.41, 5.74) is 5.67. The van der Waals surface area contributed by atoms with E-state index in [1.54, 1.807) is 0 Å². The summed E-state index contributed by atoms with van der Waals surface area (Å²) < 4.78 is 5.69. The Labute approximate surface area is 83.7 Å². The van der Waals surface area contributed by atoms with Crippen molar-refractivity contribution in [1.82, 2.24) is 5.48 Å². The molecule has 0 aromatic heterocycles. The third-order valence-electron chi connectivity index (χ3n) is 2.52. The molecule has 1 atom stereocenters. The van der Waals surface area contributed by atoms with E-state index in [9.17, 15) is 0 Å². The number of hydroxylamine groups is 1. The van der Waals surface area contributed by atoms with Crippen LogP contribution in [0.2, 0.25) is 0 Å². The highest BCUT2D eigenvalue weighted by Crippen LogP contribution is 2.33. The van der Waals surface area contributed by atoms with E-state index >= 15 is 0 Å². The summed E-state index contributed by atoms with van der Waals surface area (Å²) >= 11 is 0. The third kappa shape index (κ3) is 1.61. The molecule has 1 aliphatic rings. The molecular weight excluding hydrogens is 178 g/mol. The minimum absolute atomic E-state index is 0.279. The first-order chi connectivity index (χ1) is 6.70. The Morgan fingerprint density at radius 2 is 2.36 bits per heavy atom. The zero-order valence-corrected chi connectivity index (χ0v) is 8.50. The quantitative estimate of drug-likeness (QED) is 0.704. The number of benzene rings is 1. The Morgan fingerprint density at radius 1 is 1.57 bits per heavy atom. The average Bonchev–Trinajstić information content (AvgIpc) is 2.47. The van der Waals surface area contributed by atoms with Gasteiger partial charge in [0.1, 0.15) is 11.9 Å². The van der Waals surface area contributed by atoms with E-state index in [0.29, 0.717) is 6.54 Å². The van der Waals surface area contributed by atoms with E-state index < -0.39 is 0 Å². The second-order valence-corrected chi connectivity index (χ2v) is 3.87. The van der Waals surface area contributed by atoms with Gasteiger partial charge in [0.25, 0.3) is 0 Å². The molecule has 0 spiro atoms. The van der Waals surface area contributed by atoms with Crippen molar-refractivity contribution in [3.05, 3.63) is 28.8 Å². The second-order valence-electron chi connectivity index (χ2n) is 3.87. The van der Waals surface area contributed by atoms with E-state index in [1.165, 1.54) is 5.56 Å². The fourth-order valence-electron chi connectivity index (χ4n) is 1.99. The highest BCUT2D eigenvalue weighted by atomic mass is 16.5. The van der Waals surface area contributed by atoms with Gasteiger partial charge in [-0.2, -0.15) is 0 Å². The maximum atomic E-state index is 8.63. The molecular formula is C11H15NO2. The number of aryl methyl sites for hydroxylation is 1. The zero-order valence-electron chi connectivity index (χ0n) is 8.50. The first kappa shape index (κ1) is 9.49. The van der Waals surface area contributed by atoms with Crippen LogP contribution in [0.1, 0.15) is 23.6 Å². The van der Waals surface area contributed by atoms with Crippen molar-refractivity contribution in [2.45, 2.75) is 32.9 Å². The Bertz CT molecular complexity index is 349. The van der Waals surface area contributed by atoms with Crippen molar-refractivity contribution >= 4 is 0 Å². The van der Waals surface area contributed by atoms with Gasteiger partial charge in [-0.3, -0.25) is 0 Å². The first-order valence-corrected chi connectivity index (χ1v) is 4.86. The Hall–Kier alpha value is -1.06. The number of fused-ring (bicyclic) bond motifs is 1. The highest BCUT2D eigenvalue weighted by molar-refractivity contribution is 5.46. The van der Waals surface area contributed by atoms with Crippen LogP contribution in [-0.4, -0.2) is 11.3 Å². The smallest absolute Gasteiger partial charge is 0.125 e. The molecule has 3 heteroatoms. The summed E-state index contributed by atoms with van der Waals surface area (Å²) in [4.78, 5) is 0. The van der Waals surface area contributed by atoms with Gasteiger partial charge in [0.05, 0.1) is 0 Å². The molecule has 3 nitrogen and oxygen atoms in total. The molecule has 2 rings (SSSR count). The van der Waals surface area contributed by atoms with Crippen LogP contribution in [-0.2, 0) is 13.0 Å². The maximum Gasteiger partial charge on any atom is 0.125 e. The summed E-state index contributed by atoms with van der Waals surface area (Å²) in [6.45, 7) is 4.60. The van der Waals surface area contributed by atoms with Crippen molar-refractivity contribution < 1.29 is 9.94 Å². The monoisotopic (exact) mass is 193 g/mol. The van der Waals surface area contributed by atoms with E-state index in [-0.39, 0.29) is 6.10 Å². The van der Waals surface area contributed by atoms with Gasteiger partial charge in [0, 0.05) is 13.0 Å². The molecule has 0 bridgehead atoms. The van der Waals surface area contributed by atoms with Gasteiger partial charge in [0.2, 0.25) is 0 Å². The lowest BCUT2D eigenvalue weighted by Gasteiger charge is -2.07. The highest BCUT2D eigenvalue weighted by Gasteiger charge is 2.21. The zero-order chi connectivity index (χ0) is 10.1. The molecule has 2 N–H and O–H groups in total. The molecule has 0 radical (unpaired) electrons. The standard InChI is InChI=1S/C11H15NO2/c1-7-3-9(6-12-13)5-10-4-8(2)14-11(7)10/h3,5,8,12-13H,4,6H2,1-2H3. The molecule has 76 valence electrons. The van der Waals surface area contributed by atoms with Gasteiger partial charge < -0.3 is 9.94 Å². The summed E-state index contributed by atoms with van der Waals surface area (Å²) in [6, 6.07) is 4.13. The first-order valence-electron chi connectivity index (χ1n) is 4.86. The minimum Gasteiger partial charge on any atom is -0.490 e. The van der Waals surface area contributed by atoms with Gasteiger partial charge in [-0.15, -0.1) is 0 Å². The minimum atomic E-state index is 0.279. The van der Waals surface area contributed by atoms with Gasteiger partial charge in [0.15, 0.2) is 0 Å². The van der Waals surface area contributed by atoms with Crippen molar-refractivity contribution in [3.63, 3.8) is 0 Å². The fraction of sp³-hybridized carbons (Fsp3) is 0.455. The number of nitrogens with one attached hydrogen (secondary N) is 1. The summed E-state index contributed by atoms with van der Waals surface area (Å²) in [7, 11) is 0. The molecule has 1 unspecified atom stereocenters. The van der Waals surface area contributed by atoms with E-state index in [1.807, 2.05) is 13.0 Å². The van der Waals surface area contributed by atoms with E-state index in [2.05, 4.69) is 18.5 Å². The van der Waals surface area contributed by atoms with Crippen LogP contribution in [0.4, 0.5) is 0 Å². The largest absolute Gasteiger partial charge is 0.490 e. The van der Waals surface area contributed by atoms with Crippen molar-refractivity contribution in [2.24, 2.45) is 0 Å². The van der Waals surface area contributed by atoms with Crippen LogP contribution in [0.15, 0.2) is 12.1 Å². The van der Waals surface area contributed by atoms with E-state index in [4.69, 9.17) is 9.94 Å². The molecule has 0 fully saturated rings. The van der Waals surface area contributed by atoms with Crippen LogP contribution in [0.25, 0.3) is 0 Å². The SMILES string of the molecule is Cc1cc(CNO)cc2c1OC(C)C2. The molecule has 1 aromatic carbocycles. The number of rotatable bonds is 2. The van der Waals surface area contributed by atoms with Crippen LogP contribution in [0.3, 0.4) is 0 Å². The second kappa shape index (κ2) is 3.59. The third-order valence-corrected chi connectivity index (χ3v) is 2.52. The predicted molar refractivity (Wildman–Crippen MR) is 53.6 cm³/mol. The molecule has 1 aromatic rings. The normalized spacial score (nSPS) is 19.2. The van der Waals surface area contributed by atoms with Crippen LogP contribution in [0, 0.1) is 6.92 Å². The van der Waals surface area contributed by atoms with Gasteiger partial charge in [-0.25, -0.2) is 5.48 Å². The number of hydrogen-bond donors (Lipinski definition) is 2. The van der Waals surface area contributed by atoms with Gasteiger partial charge >= 0.3 is 0 Å². The number of ether oxygens (including phenoxy) is 1. The van der Waals surface area contributed by atoms with Crippen molar-refractivity contribution in [1.29, 1.82) is 0 Å². The number of hydrogen-bond acceptors (Lipinski definition) is 3. The Morgan fingerprint density at radius 3 is 3.07 bits per heavy atom. The fourth-order valence-corrected chi connectivity index (χ4v) is 1.99. The van der Waals surface area contributed by atoms with Crippen LogP contribution >= 0.6 is 0 Å². The summed E-state index contributed by atoms with van der Waals surface area (Å²) in [5.74, 6) is 1.03. The Kier molecular flexibility index (Phi) is 2.44. The maximum absolute atomic E-state index is 8.63. The topological polar surface area (TPSA) is 41.5 Å². The average molecular weight is 193 g/mol. The molecule has 14 heavy (non-hydrogen) atoms. The lowest BCUT2D eigenvalue weighted by atomic mass is 10.0. The molecule has 1 aliphatic heterocycles. The van der Waals surface area contributed by atoms with Crippen LogP contribution < -0.4 is 10.2 Å². The van der Waals surface area contributed by atoms with Crippen molar-refractivity contribution in [3.8, 4) is 5.75 Å². The predicted octanol–water partition coefficient (Wildman–Crippen LogP) is 1.80. The lowest BCUT2D eigenvalue weighted by Crippen LogP contribution is -2.06. The molecule has 0 aliphatic carbocycles. The molecule has 0 amide bonds. The summed E-state index contributed by atoms with van der Waals surface area (Å²) in [6.07, 6.45) is 1.25. The van der Waals surface area contributed by atoms with Gasteiger partial charge in [-0.05, 0) is 30.5 Å². The van der Waals surface area contributed by atoms with Crippen molar-refractivity contribution in [2.75, 3.05) is 0 Å². The molecule has 1 heterocycles. The molecule has 0 saturated heterocycles. The summed E-state index contributed by atoms with van der Waals surface area (Å²) in [5, 5.41) is 8.63.